The molecule has 1 aromatic rings. The average molecular weight is 218 g/mol. The van der Waals surface area contributed by atoms with E-state index in [9.17, 15) is 0 Å². The molecule has 0 amide bonds. The Hall–Kier alpha value is -1.02. The van der Waals surface area contributed by atoms with Gasteiger partial charge in [0.15, 0.2) is 0 Å². The summed E-state index contributed by atoms with van der Waals surface area (Å²) in [6, 6.07) is 8.77. The van der Waals surface area contributed by atoms with E-state index in [-0.39, 0.29) is 0 Å². The normalized spacial score (nSPS) is 17.3. The van der Waals surface area contributed by atoms with Gasteiger partial charge in [0.05, 0.1) is 0 Å². The van der Waals surface area contributed by atoms with E-state index in [4.69, 9.17) is 5.73 Å². The second kappa shape index (κ2) is 5.35. The monoisotopic (exact) mass is 218 g/mol. The van der Waals surface area contributed by atoms with Gasteiger partial charge >= 0.3 is 0 Å². The molecule has 1 aliphatic carbocycles. The number of rotatable bonds is 6. The molecule has 1 unspecified atom stereocenters. The molecule has 0 heterocycles. The first-order valence-electron chi connectivity index (χ1n) is 6.36. The van der Waals surface area contributed by atoms with Crippen LogP contribution < -0.4 is 11.1 Å². The zero-order chi connectivity index (χ0) is 11.4. The molecule has 3 N–H and O–H groups in total. The molecule has 1 atom stereocenters. The van der Waals surface area contributed by atoms with Crippen molar-refractivity contribution in [3.8, 4) is 0 Å². The smallest absolute Gasteiger partial charge is 0.0359 e. The summed E-state index contributed by atoms with van der Waals surface area (Å²) in [5.41, 5.74) is 8.04. The van der Waals surface area contributed by atoms with Gasteiger partial charge in [-0.2, -0.15) is 0 Å². The van der Waals surface area contributed by atoms with Gasteiger partial charge in [0.2, 0.25) is 0 Å². The molecular formula is C14H22N2. The van der Waals surface area contributed by atoms with Gasteiger partial charge in [0, 0.05) is 18.3 Å². The summed E-state index contributed by atoms with van der Waals surface area (Å²) in [4.78, 5) is 0. The van der Waals surface area contributed by atoms with Crippen LogP contribution in [-0.2, 0) is 6.54 Å². The lowest BCUT2D eigenvalue weighted by atomic mass is 10.1. The Morgan fingerprint density at radius 3 is 2.75 bits per heavy atom. The lowest BCUT2D eigenvalue weighted by Crippen LogP contribution is -2.28. The van der Waals surface area contributed by atoms with Gasteiger partial charge in [-0.3, -0.25) is 0 Å². The minimum atomic E-state index is 0.659. The van der Waals surface area contributed by atoms with Crippen LogP contribution in [0.1, 0.15) is 38.2 Å². The summed E-state index contributed by atoms with van der Waals surface area (Å²) >= 11 is 0. The summed E-state index contributed by atoms with van der Waals surface area (Å²) < 4.78 is 0. The second-order valence-corrected chi connectivity index (χ2v) is 4.86. The van der Waals surface area contributed by atoms with Crippen molar-refractivity contribution in [3.63, 3.8) is 0 Å². The number of hydrogen-bond acceptors (Lipinski definition) is 2. The number of anilines is 1. The van der Waals surface area contributed by atoms with Gasteiger partial charge in [-0.05, 0) is 30.4 Å². The van der Waals surface area contributed by atoms with Crippen LogP contribution in [0.2, 0.25) is 0 Å². The van der Waals surface area contributed by atoms with Crippen molar-refractivity contribution >= 4 is 5.69 Å². The first-order valence-corrected chi connectivity index (χ1v) is 6.36. The number of nitrogens with two attached hydrogens (primary N) is 1. The summed E-state index contributed by atoms with van der Waals surface area (Å²) in [7, 11) is 0. The summed E-state index contributed by atoms with van der Waals surface area (Å²) in [5, 5.41) is 3.62. The fraction of sp³-hybridized carbons (Fsp3) is 0.571. The molecule has 1 aromatic carbocycles. The highest BCUT2D eigenvalue weighted by atomic mass is 14.9. The number of nitrogens with one attached hydrogen (secondary N) is 1. The maximum atomic E-state index is 5.92. The van der Waals surface area contributed by atoms with Gasteiger partial charge < -0.3 is 11.1 Å². The van der Waals surface area contributed by atoms with Crippen LogP contribution in [0.15, 0.2) is 24.3 Å². The molecule has 88 valence electrons. The van der Waals surface area contributed by atoms with Crippen LogP contribution in [0.4, 0.5) is 5.69 Å². The molecule has 0 aromatic heterocycles. The van der Waals surface area contributed by atoms with Gasteiger partial charge in [0.1, 0.15) is 0 Å². The maximum absolute atomic E-state index is 5.92. The highest BCUT2D eigenvalue weighted by molar-refractivity contribution is 5.46. The second-order valence-electron chi connectivity index (χ2n) is 4.86. The standard InChI is InChI=1S/C14H22N2/c1-2-13(9-11-7-8-11)16-10-12-5-3-4-6-14(12)15/h3-6,11,13,16H,2,7-10,15H2,1H3. The van der Waals surface area contributed by atoms with E-state index in [1.54, 1.807) is 0 Å². The lowest BCUT2D eigenvalue weighted by Gasteiger charge is -2.17. The van der Waals surface area contributed by atoms with Crippen molar-refractivity contribution in [1.29, 1.82) is 0 Å². The Labute approximate surface area is 98.2 Å². The van der Waals surface area contributed by atoms with Gasteiger partial charge in [-0.15, -0.1) is 0 Å². The summed E-state index contributed by atoms with van der Waals surface area (Å²) in [6.07, 6.45) is 5.42. The molecule has 1 fully saturated rings. The summed E-state index contributed by atoms with van der Waals surface area (Å²) in [6.45, 7) is 3.16. The van der Waals surface area contributed by atoms with Gasteiger partial charge in [-0.25, -0.2) is 0 Å². The van der Waals surface area contributed by atoms with E-state index in [0.29, 0.717) is 6.04 Å². The molecule has 2 rings (SSSR count). The van der Waals surface area contributed by atoms with Crippen LogP contribution >= 0.6 is 0 Å². The zero-order valence-electron chi connectivity index (χ0n) is 10.1. The molecule has 1 aliphatic rings. The van der Waals surface area contributed by atoms with Crippen LogP contribution in [-0.4, -0.2) is 6.04 Å². The minimum absolute atomic E-state index is 0.659. The highest BCUT2D eigenvalue weighted by Gasteiger charge is 2.24. The van der Waals surface area contributed by atoms with Gasteiger partial charge in [-0.1, -0.05) is 38.0 Å². The molecule has 0 aliphatic heterocycles. The van der Waals surface area contributed by atoms with Crippen LogP contribution in [0, 0.1) is 5.92 Å². The van der Waals surface area contributed by atoms with Gasteiger partial charge in [0.25, 0.3) is 0 Å². The molecular weight excluding hydrogens is 196 g/mol. The first kappa shape index (κ1) is 11.5. The maximum Gasteiger partial charge on any atom is 0.0359 e. The van der Waals surface area contributed by atoms with Crippen molar-refractivity contribution in [3.05, 3.63) is 29.8 Å². The summed E-state index contributed by atoms with van der Waals surface area (Å²) in [5.74, 6) is 0.991. The molecule has 16 heavy (non-hydrogen) atoms. The van der Waals surface area contributed by atoms with Crippen molar-refractivity contribution in [2.45, 2.75) is 45.2 Å². The predicted molar refractivity (Wildman–Crippen MR) is 69.1 cm³/mol. The lowest BCUT2D eigenvalue weighted by molar-refractivity contribution is 0.445. The molecule has 2 heteroatoms. The Balaban J connectivity index is 1.82. The Kier molecular flexibility index (Phi) is 3.83. The fourth-order valence-electron chi connectivity index (χ4n) is 2.10. The Morgan fingerprint density at radius 1 is 1.38 bits per heavy atom. The fourth-order valence-corrected chi connectivity index (χ4v) is 2.10. The topological polar surface area (TPSA) is 38.0 Å². The van der Waals surface area contributed by atoms with E-state index >= 15 is 0 Å². The minimum Gasteiger partial charge on any atom is -0.398 e. The number of para-hydroxylation sites is 1. The molecule has 0 radical (unpaired) electrons. The third kappa shape index (κ3) is 3.24. The van der Waals surface area contributed by atoms with E-state index in [1.165, 1.54) is 31.2 Å². The van der Waals surface area contributed by atoms with Crippen molar-refractivity contribution < 1.29 is 0 Å². The first-order chi connectivity index (χ1) is 7.79. The molecule has 1 saturated carbocycles. The Morgan fingerprint density at radius 2 is 2.12 bits per heavy atom. The quantitative estimate of drug-likeness (QED) is 0.720. The Bertz CT molecular complexity index is 331. The number of nitrogen functional groups attached to an aromatic ring is 1. The third-order valence-corrected chi connectivity index (χ3v) is 3.44. The van der Waals surface area contributed by atoms with E-state index in [1.807, 2.05) is 12.1 Å². The van der Waals surface area contributed by atoms with E-state index < -0.39 is 0 Å². The number of hydrogen-bond donors (Lipinski definition) is 2. The zero-order valence-corrected chi connectivity index (χ0v) is 10.1. The molecule has 0 spiro atoms. The SMILES string of the molecule is CCC(CC1CC1)NCc1ccccc1N. The molecule has 0 bridgehead atoms. The van der Waals surface area contributed by atoms with E-state index in [0.717, 1.165) is 18.2 Å². The van der Waals surface area contributed by atoms with Crippen molar-refractivity contribution in [2.24, 2.45) is 5.92 Å². The number of benzene rings is 1. The van der Waals surface area contributed by atoms with Crippen molar-refractivity contribution in [1.82, 2.24) is 5.32 Å². The van der Waals surface area contributed by atoms with Crippen LogP contribution in [0.3, 0.4) is 0 Å². The molecule has 2 nitrogen and oxygen atoms in total. The van der Waals surface area contributed by atoms with Crippen LogP contribution in [0.25, 0.3) is 0 Å². The predicted octanol–water partition coefficient (Wildman–Crippen LogP) is 2.94. The third-order valence-electron chi connectivity index (χ3n) is 3.44. The van der Waals surface area contributed by atoms with E-state index in [2.05, 4.69) is 24.4 Å². The highest BCUT2D eigenvalue weighted by Crippen LogP contribution is 2.34. The molecule has 0 saturated heterocycles. The van der Waals surface area contributed by atoms with Crippen LogP contribution in [0.5, 0.6) is 0 Å². The van der Waals surface area contributed by atoms with Crippen molar-refractivity contribution in [2.75, 3.05) is 5.73 Å². The largest absolute Gasteiger partial charge is 0.398 e. The average Bonchev–Trinajstić information content (AvgIpc) is 3.10.